The zero-order valence-corrected chi connectivity index (χ0v) is 16.1. The van der Waals surface area contributed by atoms with E-state index in [-0.39, 0.29) is 5.91 Å². The molecule has 0 bridgehead atoms. The number of aryl methyl sites for hydroxylation is 1. The van der Waals surface area contributed by atoms with Crippen LogP contribution in [0.2, 0.25) is 5.02 Å². The molecule has 1 amide bonds. The van der Waals surface area contributed by atoms with E-state index in [9.17, 15) is 4.79 Å². The lowest BCUT2D eigenvalue weighted by atomic mass is 10.1. The number of hydrogen-bond acceptors (Lipinski definition) is 3. The summed E-state index contributed by atoms with van der Waals surface area (Å²) in [7, 11) is 0. The van der Waals surface area contributed by atoms with Crippen LogP contribution in [0.25, 0.3) is 0 Å². The summed E-state index contributed by atoms with van der Waals surface area (Å²) in [6, 6.07) is 15.0. The number of para-hydroxylation sites is 1. The molecule has 0 aliphatic rings. The van der Waals surface area contributed by atoms with Gasteiger partial charge in [-0.2, -0.15) is 0 Å². The van der Waals surface area contributed by atoms with Gasteiger partial charge in [0.25, 0.3) is 5.91 Å². The van der Waals surface area contributed by atoms with Crippen LogP contribution in [-0.4, -0.2) is 25.2 Å². The molecule has 1 N–H and O–H groups in total. The standard InChI is InChI=1S/C21H26ClNO3/c1-3-19(26-18-13-11-17(22)12-14-18)21(24)23-15-7-9-16-8-5-6-10-20(16)25-4-2/h5-6,8,10-14,19H,3-4,7,9,15H2,1-2H3,(H,23,24)/t19-/m1/s1. The summed E-state index contributed by atoms with van der Waals surface area (Å²) in [4.78, 5) is 12.3. The zero-order valence-electron chi connectivity index (χ0n) is 15.3. The molecule has 5 heteroatoms. The van der Waals surface area contributed by atoms with Crippen molar-refractivity contribution in [3.05, 3.63) is 59.1 Å². The average Bonchev–Trinajstić information content (AvgIpc) is 2.66. The second kappa shape index (κ2) is 10.7. The highest BCUT2D eigenvalue weighted by Crippen LogP contribution is 2.20. The Morgan fingerprint density at radius 2 is 1.85 bits per heavy atom. The second-order valence-corrected chi connectivity index (χ2v) is 6.34. The number of benzene rings is 2. The number of carbonyl (C=O) groups excluding carboxylic acids is 1. The summed E-state index contributed by atoms with van der Waals surface area (Å²) in [5.74, 6) is 1.46. The highest BCUT2D eigenvalue weighted by molar-refractivity contribution is 6.30. The summed E-state index contributed by atoms with van der Waals surface area (Å²) in [6.07, 6.45) is 1.78. The van der Waals surface area contributed by atoms with Crippen LogP contribution in [-0.2, 0) is 11.2 Å². The van der Waals surface area contributed by atoms with Crippen molar-refractivity contribution in [2.24, 2.45) is 0 Å². The monoisotopic (exact) mass is 375 g/mol. The topological polar surface area (TPSA) is 47.6 Å². The van der Waals surface area contributed by atoms with E-state index < -0.39 is 6.10 Å². The van der Waals surface area contributed by atoms with Crippen molar-refractivity contribution in [3.63, 3.8) is 0 Å². The third kappa shape index (κ3) is 6.26. The van der Waals surface area contributed by atoms with Gasteiger partial charge in [0.1, 0.15) is 11.5 Å². The van der Waals surface area contributed by atoms with E-state index in [1.165, 1.54) is 0 Å². The third-order valence-corrected chi connectivity index (χ3v) is 4.20. The molecule has 0 spiro atoms. The molecule has 1 atom stereocenters. The summed E-state index contributed by atoms with van der Waals surface area (Å²) in [5.41, 5.74) is 1.16. The largest absolute Gasteiger partial charge is 0.494 e. The lowest BCUT2D eigenvalue weighted by molar-refractivity contribution is -0.128. The van der Waals surface area contributed by atoms with Gasteiger partial charge >= 0.3 is 0 Å². The molecular formula is C21H26ClNO3. The predicted molar refractivity (Wildman–Crippen MR) is 105 cm³/mol. The van der Waals surface area contributed by atoms with Gasteiger partial charge in [-0.05, 0) is 62.1 Å². The minimum absolute atomic E-state index is 0.0967. The number of halogens is 1. The maximum Gasteiger partial charge on any atom is 0.261 e. The van der Waals surface area contributed by atoms with Crippen LogP contribution in [0.1, 0.15) is 32.3 Å². The van der Waals surface area contributed by atoms with Gasteiger partial charge in [-0.25, -0.2) is 0 Å². The summed E-state index contributed by atoms with van der Waals surface area (Å²) in [5, 5.41) is 3.60. The Morgan fingerprint density at radius 1 is 1.12 bits per heavy atom. The van der Waals surface area contributed by atoms with E-state index in [0.29, 0.717) is 30.3 Å². The van der Waals surface area contributed by atoms with Crippen LogP contribution in [0.15, 0.2) is 48.5 Å². The van der Waals surface area contributed by atoms with E-state index in [1.807, 2.05) is 32.0 Å². The van der Waals surface area contributed by atoms with E-state index >= 15 is 0 Å². The Bertz CT molecular complexity index is 688. The lowest BCUT2D eigenvalue weighted by Gasteiger charge is -2.17. The molecule has 0 fully saturated rings. The minimum atomic E-state index is -0.508. The van der Waals surface area contributed by atoms with E-state index in [4.69, 9.17) is 21.1 Å². The molecule has 4 nitrogen and oxygen atoms in total. The Hall–Kier alpha value is -2.20. The van der Waals surface area contributed by atoms with Crippen LogP contribution in [0, 0.1) is 0 Å². The van der Waals surface area contributed by atoms with Gasteiger partial charge in [0.05, 0.1) is 6.61 Å². The predicted octanol–water partition coefficient (Wildman–Crippen LogP) is 4.65. The molecule has 0 radical (unpaired) electrons. The fourth-order valence-electron chi connectivity index (χ4n) is 2.61. The number of rotatable bonds is 10. The Kier molecular flexibility index (Phi) is 8.29. The van der Waals surface area contributed by atoms with Gasteiger partial charge < -0.3 is 14.8 Å². The smallest absolute Gasteiger partial charge is 0.261 e. The Labute approximate surface area is 160 Å². The van der Waals surface area contributed by atoms with Crippen LogP contribution in [0.3, 0.4) is 0 Å². The quantitative estimate of drug-likeness (QED) is 0.615. The number of ether oxygens (including phenoxy) is 2. The maximum absolute atomic E-state index is 12.3. The van der Waals surface area contributed by atoms with Gasteiger partial charge in [0.2, 0.25) is 0 Å². The lowest BCUT2D eigenvalue weighted by Crippen LogP contribution is -2.38. The molecule has 2 aromatic rings. The first-order chi connectivity index (χ1) is 12.6. The molecule has 0 unspecified atom stereocenters. The first kappa shape index (κ1) is 20.1. The van der Waals surface area contributed by atoms with Gasteiger partial charge in [0.15, 0.2) is 6.10 Å². The molecule has 0 aliphatic carbocycles. The molecule has 0 aromatic heterocycles. The number of amides is 1. The van der Waals surface area contributed by atoms with Crippen LogP contribution < -0.4 is 14.8 Å². The molecule has 2 aromatic carbocycles. The average molecular weight is 376 g/mol. The van der Waals surface area contributed by atoms with Crippen molar-refractivity contribution < 1.29 is 14.3 Å². The molecular weight excluding hydrogens is 350 g/mol. The first-order valence-corrected chi connectivity index (χ1v) is 9.42. The second-order valence-electron chi connectivity index (χ2n) is 5.90. The fourth-order valence-corrected chi connectivity index (χ4v) is 2.74. The van der Waals surface area contributed by atoms with Gasteiger partial charge in [-0.1, -0.05) is 36.7 Å². The van der Waals surface area contributed by atoms with Crippen molar-refractivity contribution in [1.29, 1.82) is 0 Å². The van der Waals surface area contributed by atoms with Crippen molar-refractivity contribution in [2.75, 3.05) is 13.2 Å². The maximum atomic E-state index is 12.3. The molecule has 26 heavy (non-hydrogen) atoms. The molecule has 140 valence electrons. The number of carbonyl (C=O) groups is 1. The van der Waals surface area contributed by atoms with E-state index in [1.54, 1.807) is 24.3 Å². The molecule has 2 rings (SSSR count). The van der Waals surface area contributed by atoms with Crippen molar-refractivity contribution in [3.8, 4) is 11.5 Å². The Morgan fingerprint density at radius 3 is 2.54 bits per heavy atom. The molecule has 0 saturated heterocycles. The molecule has 0 saturated carbocycles. The minimum Gasteiger partial charge on any atom is -0.494 e. The van der Waals surface area contributed by atoms with Gasteiger partial charge in [-0.15, -0.1) is 0 Å². The summed E-state index contributed by atoms with van der Waals surface area (Å²) < 4.78 is 11.4. The zero-order chi connectivity index (χ0) is 18.8. The van der Waals surface area contributed by atoms with Crippen molar-refractivity contribution in [2.45, 2.75) is 39.2 Å². The van der Waals surface area contributed by atoms with Gasteiger partial charge in [-0.3, -0.25) is 4.79 Å². The SMILES string of the molecule is CCOc1ccccc1CCCNC(=O)[C@@H](CC)Oc1ccc(Cl)cc1. The van der Waals surface area contributed by atoms with Crippen LogP contribution in [0.4, 0.5) is 0 Å². The van der Waals surface area contributed by atoms with Gasteiger partial charge in [0, 0.05) is 11.6 Å². The third-order valence-electron chi connectivity index (χ3n) is 3.95. The van der Waals surface area contributed by atoms with Crippen molar-refractivity contribution >= 4 is 17.5 Å². The number of nitrogens with one attached hydrogen (secondary N) is 1. The number of hydrogen-bond donors (Lipinski definition) is 1. The van der Waals surface area contributed by atoms with E-state index in [2.05, 4.69) is 11.4 Å². The highest BCUT2D eigenvalue weighted by Gasteiger charge is 2.17. The van der Waals surface area contributed by atoms with Crippen LogP contribution in [0.5, 0.6) is 11.5 Å². The fraction of sp³-hybridized carbons (Fsp3) is 0.381. The summed E-state index contributed by atoms with van der Waals surface area (Å²) >= 11 is 5.87. The Balaban J connectivity index is 1.79. The highest BCUT2D eigenvalue weighted by atomic mass is 35.5. The normalized spacial score (nSPS) is 11.7. The molecule has 0 aliphatic heterocycles. The van der Waals surface area contributed by atoms with Crippen molar-refractivity contribution in [1.82, 2.24) is 5.32 Å². The summed E-state index contributed by atoms with van der Waals surface area (Å²) in [6.45, 7) is 5.15. The molecule has 0 heterocycles. The first-order valence-electron chi connectivity index (χ1n) is 9.04. The van der Waals surface area contributed by atoms with Crippen LogP contribution >= 0.6 is 11.6 Å². The van der Waals surface area contributed by atoms with E-state index in [0.717, 1.165) is 24.2 Å².